The monoisotopic (exact) mass is 366 g/mol. The molecule has 0 bridgehead atoms. The van der Waals surface area contributed by atoms with Crippen LogP contribution in [0.15, 0.2) is 64.8 Å². The van der Waals surface area contributed by atoms with Gasteiger partial charge in [0, 0.05) is 25.2 Å². The molecule has 0 saturated heterocycles. The van der Waals surface area contributed by atoms with Crippen LogP contribution in [0.3, 0.4) is 0 Å². The van der Waals surface area contributed by atoms with E-state index in [-0.39, 0.29) is 23.3 Å². The molecule has 0 fully saturated rings. The van der Waals surface area contributed by atoms with E-state index >= 15 is 0 Å². The highest BCUT2D eigenvalue weighted by molar-refractivity contribution is 5.65. The quantitative estimate of drug-likeness (QED) is 0.448. The van der Waals surface area contributed by atoms with Crippen molar-refractivity contribution in [1.82, 2.24) is 0 Å². The standard InChI is InChI=1S/C20H22N4O3/c1-2-23(13-14-25)16-9-7-15(8-10-16)21-22-19-11-12-20(24(26)27)18-6-4-3-5-17(18)19/h3-10,12,19,25H,2,11,13-14H2,1H3/b22-21+. The molecule has 0 aromatic heterocycles. The van der Waals surface area contributed by atoms with Gasteiger partial charge in [0.2, 0.25) is 0 Å². The summed E-state index contributed by atoms with van der Waals surface area (Å²) >= 11 is 0. The Bertz CT molecular complexity index is 862. The lowest BCUT2D eigenvalue weighted by Gasteiger charge is -2.21. The fourth-order valence-electron chi connectivity index (χ4n) is 3.22. The fraction of sp³-hybridized carbons (Fsp3) is 0.300. The number of hydrogen-bond donors (Lipinski definition) is 1. The maximum absolute atomic E-state index is 11.2. The third kappa shape index (κ3) is 4.20. The Kier molecular flexibility index (Phi) is 5.93. The first kappa shape index (κ1) is 18.7. The first-order chi connectivity index (χ1) is 13.1. The minimum Gasteiger partial charge on any atom is -0.395 e. The van der Waals surface area contributed by atoms with Crippen molar-refractivity contribution in [2.75, 3.05) is 24.6 Å². The lowest BCUT2D eigenvalue weighted by molar-refractivity contribution is -0.376. The van der Waals surface area contributed by atoms with Crippen LogP contribution in [0.5, 0.6) is 0 Å². The van der Waals surface area contributed by atoms with Crippen LogP contribution in [0, 0.1) is 10.1 Å². The molecule has 1 N–H and O–H groups in total. The molecule has 1 aliphatic rings. The number of benzene rings is 2. The molecular weight excluding hydrogens is 344 g/mol. The molecular formula is C20H22N4O3. The Hall–Kier alpha value is -3.06. The van der Waals surface area contributed by atoms with Crippen molar-refractivity contribution in [2.24, 2.45) is 10.2 Å². The molecule has 2 aromatic carbocycles. The van der Waals surface area contributed by atoms with E-state index in [1.165, 1.54) is 0 Å². The molecule has 1 atom stereocenters. The number of hydrogen-bond acceptors (Lipinski definition) is 6. The SMILES string of the molecule is CCN(CCO)c1ccc(/N=N/C2CC=C([N+](=O)[O-])c3ccccc32)cc1. The molecule has 140 valence electrons. The van der Waals surface area contributed by atoms with Crippen molar-refractivity contribution in [1.29, 1.82) is 0 Å². The molecule has 0 aliphatic heterocycles. The van der Waals surface area contributed by atoms with Crippen molar-refractivity contribution in [3.05, 3.63) is 75.8 Å². The molecule has 0 spiro atoms. The van der Waals surface area contributed by atoms with E-state index in [1.807, 2.05) is 43.3 Å². The second-order valence-corrected chi connectivity index (χ2v) is 6.22. The lowest BCUT2D eigenvalue weighted by Crippen LogP contribution is -2.25. The summed E-state index contributed by atoms with van der Waals surface area (Å²) < 4.78 is 0. The average molecular weight is 366 g/mol. The van der Waals surface area contributed by atoms with Gasteiger partial charge in [-0.1, -0.05) is 18.2 Å². The number of aliphatic hydroxyl groups excluding tert-OH is 1. The number of nitrogens with zero attached hydrogens (tertiary/aromatic N) is 4. The highest BCUT2D eigenvalue weighted by Crippen LogP contribution is 2.36. The van der Waals surface area contributed by atoms with E-state index < -0.39 is 0 Å². The van der Waals surface area contributed by atoms with E-state index in [2.05, 4.69) is 15.1 Å². The predicted molar refractivity (Wildman–Crippen MR) is 105 cm³/mol. The maximum Gasteiger partial charge on any atom is 0.273 e. The zero-order valence-corrected chi connectivity index (χ0v) is 15.2. The Morgan fingerprint density at radius 2 is 1.96 bits per heavy atom. The van der Waals surface area contributed by atoms with Crippen LogP contribution in [0.4, 0.5) is 11.4 Å². The molecule has 0 radical (unpaired) electrons. The zero-order chi connectivity index (χ0) is 19.2. The average Bonchev–Trinajstić information content (AvgIpc) is 2.70. The first-order valence-electron chi connectivity index (χ1n) is 8.94. The van der Waals surface area contributed by atoms with Gasteiger partial charge in [0.05, 0.1) is 22.8 Å². The summed E-state index contributed by atoms with van der Waals surface area (Å²) in [5.41, 5.74) is 3.31. The van der Waals surface area contributed by atoms with Crippen LogP contribution in [0.25, 0.3) is 5.70 Å². The summed E-state index contributed by atoms with van der Waals surface area (Å²) in [6, 6.07) is 14.7. The normalized spacial score (nSPS) is 16.1. The lowest BCUT2D eigenvalue weighted by atomic mass is 9.91. The van der Waals surface area contributed by atoms with E-state index in [1.54, 1.807) is 18.2 Å². The minimum atomic E-state index is -0.350. The minimum absolute atomic E-state index is 0.107. The molecule has 7 heteroatoms. The van der Waals surface area contributed by atoms with Gasteiger partial charge in [0.25, 0.3) is 5.70 Å². The Morgan fingerprint density at radius 3 is 2.63 bits per heavy atom. The van der Waals surface area contributed by atoms with Gasteiger partial charge in [0.1, 0.15) is 6.04 Å². The van der Waals surface area contributed by atoms with Crippen molar-refractivity contribution < 1.29 is 10.0 Å². The van der Waals surface area contributed by atoms with Gasteiger partial charge in [-0.3, -0.25) is 10.1 Å². The third-order valence-corrected chi connectivity index (χ3v) is 4.61. The number of azo groups is 1. The van der Waals surface area contributed by atoms with Gasteiger partial charge < -0.3 is 10.0 Å². The first-order valence-corrected chi connectivity index (χ1v) is 8.94. The van der Waals surface area contributed by atoms with E-state index in [0.717, 1.165) is 23.5 Å². The second kappa shape index (κ2) is 8.55. The van der Waals surface area contributed by atoms with Gasteiger partial charge in [-0.2, -0.15) is 10.2 Å². The molecule has 3 rings (SSSR count). The molecule has 0 saturated carbocycles. The van der Waals surface area contributed by atoms with Crippen LogP contribution in [-0.2, 0) is 0 Å². The number of rotatable bonds is 7. The molecule has 0 heterocycles. The number of nitro groups is 1. The van der Waals surface area contributed by atoms with Crippen LogP contribution in [0.1, 0.15) is 30.5 Å². The summed E-state index contributed by atoms with van der Waals surface area (Å²) in [7, 11) is 0. The van der Waals surface area contributed by atoms with Crippen LogP contribution in [-0.4, -0.2) is 29.7 Å². The van der Waals surface area contributed by atoms with Gasteiger partial charge in [-0.25, -0.2) is 0 Å². The number of aliphatic hydroxyl groups is 1. The van der Waals surface area contributed by atoms with Gasteiger partial charge >= 0.3 is 0 Å². The molecule has 7 nitrogen and oxygen atoms in total. The van der Waals surface area contributed by atoms with Gasteiger partial charge in [0.15, 0.2) is 0 Å². The van der Waals surface area contributed by atoms with Crippen LogP contribution < -0.4 is 4.90 Å². The topological polar surface area (TPSA) is 91.3 Å². The summed E-state index contributed by atoms with van der Waals surface area (Å²) in [4.78, 5) is 12.9. The summed E-state index contributed by atoms with van der Waals surface area (Å²) in [5.74, 6) is 0. The Labute approximate surface area is 157 Å². The van der Waals surface area contributed by atoms with E-state index in [9.17, 15) is 10.1 Å². The highest BCUT2D eigenvalue weighted by atomic mass is 16.6. The Balaban J connectivity index is 1.78. The van der Waals surface area contributed by atoms with Crippen molar-refractivity contribution in [3.63, 3.8) is 0 Å². The molecule has 27 heavy (non-hydrogen) atoms. The largest absolute Gasteiger partial charge is 0.395 e. The molecule has 1 aliphatic carbocycles. The van der Waals surface area contributed by atoms with Crippen molar-refractivity contribution in [2.45, 2.75) is 19.4 Å². The van der Waals surface area contributed by atoms with Gasteiger partial charge in [-0.15, -0.1) is 0 Å². The van der Waals surface area contributed by atoms with Crippen LogP contribution >= 0.6 is 0 Å². The smallest absolute Gasteiger partial charge is 0.273 e. The van der Waals surface area contributed by atoms with E-state index in [0.29, 0.717) is 18.5 Å². The van der Waals surface area contributed by atoms with Gasteiger partial charge in [-0.05, 0) is 48.9 Å². The zero-order valence-electron chi connectivity index (χ0n) is 15.2. The molecule has 1 unspecified atom stereocenters. The number of likely N-dealkylation sites (N-methyl/N-ethyl adjacent to an activating group) is 1. The number of anilines is 1. The van der Waals surface area contributed by atoms with E-state index in [4.69, 9.17) is 5.11 Å². The fourth-order valence-corrected chi connectivity index (χ4v) is 3.22. The summed E-state index contributed by atoms with van der Waals surface area (Å²) in [6.07, 6.45) is 2.07. The van der Waals surface area contributed by atoms with Crippen molar-refractivity contribution >= 4 is 17.1 Å². The Morgan fingerprint density at radius 1 is 1.22 bits per heavy atom. The second-order valence-electron chi connectivity index (χ2n) is 6.22. The summed E-state index contributed by atoms with van der Waals surface area (Å²) in [6.45, 7) is 3.54. The van der Waals surface area contributed by atoms with Crippen molar-refractivity contribution in [3.8, 4) is 0 Å². The van der Waals surface area contributed by atoms with Crippen LogP contribution in [0.2, 0.25) is 0 Å². The maximum atomic E-state index is 11.2. The molecule has 2 aromatic rings. The predicted octanol–water partition coefficient (Wildman–Crippen LogP) is 4.35. The molecule has 0 amide bonds. The summed E-state index contributed by atoms with van der Waals surface area (Å²) in [5, 5.41) is 29.1. The highest BCUT2D eigenvalue weighted by Gasteiger charge is 2.27. The number of fused-ring (bicyclic) bond motifs is 1. The third-order valence-electron chi connectivity index (χ3n) is 4.61.